The van der Waals surface area contributed by atoms with Crippen LogP contribution >= 0.6 is 0 Å². The zero-order valence-corrected chi connectivity index (χ0v) is 19.7. The molecule has 3 aromatic carbocycles. The first-order chi connectivity index (χ1) is 17.6. The number of rotatable bonds is 5. The minimum Gasteiger partial charge on any atom is -0.493 e. The fraction of sp³-hybridized carbons (Fsp3) is 0.214. The lowest BCUT2D eigenvalue weighted by atomic mass is 9.75. The lowest BCUT2D eigenvalue weighted by molar-refractivity contribution is -0.136. The standard InChI is InChI=1S/C28H22O8/c1-31-22-10-17(11-23(32-2)26(22)36-27(29)15-6-4-3-5-7-15)24-19-12-21-20(34-14-35-21)9-16(19)8-18-13-33-28(30)25(18)24/h3-7,9-12,24H,8,13-14H2,1-2H3/t24-/m0/s1. The molecule has 0 aromatic heterocycles. The van der Waals surface area contributed by atoms with E-state index >= 15 is 0 Å². The van der Waals surface area contributed by atoms with Gasteiger partial charge in [0.05, 0.1) is 25.4 Å². The maximum atomic E-state index is 12.8. The molecule has 0 fully saturated rings. The Morgan fingerprint density at radius 3 is 2.31 bits per heavy atom. The van der Waals surface area contributed by atoms with E-state index in [0.29, 0.717) is 40.6 Å². The third-order valence-corrected chi connectivity index (χ3v) is 6.64. The Kier molecular flexibility index (Phi) is 5.29. The molecular weight excluding hydrogens is 464 g/mol. The van der Waals surface area contributed by atoms with Crippen LogP contribution in [0.4, 0.5) is 0 Å². The molecule has 0 amide bonds. The third-order valence-electron chi connectivity index (χ3n) is 6.64. The summed E-state index contributed by atoms with van der Waals surface area (Å²) in [6.45, 7) is 0.404. The predicted octanol–water partition coefficient (Wildman–Crippen LogP) is 4.19. The van der Waals surface area contributed by atoms with Gasteiger partial charge in [0.15, 0.2) is 23.0 Å². The van der Waals surface area contributed by atoms with Gasteiger partial charge >= 0.3 is 11.9 Å². The van der Waals surface area contributed by atoms with Crippen molar-refractivity contribution in [2.75, 3.05) is 27.6 Å². The molecule has 2 aliphatic heterocycles. The van der Waals surface area contributed by atoms with Gasteiger partial charge in [0.1, 0.15) is 6.61 Å². The number of cyclic esters (lactones) is 1. The predicted molar refractivity (Wildman–Crippen MR) is 127 cm³/mol. The van der Waals surface area contributed by atoms with Gasteiger partial charge in [-0.3, -0.25) is 0 Å². The Labute approximate surface area is 206 Å². The monoisotopic (exact) mass is 486 g/mol. The topological polar surface area (TPSA) is 89.5 Å². The normalized spacial score (nSPS) is 17.3. The molecule has 0 spiro atoms. The molecule has 0 saturated heterocycles. The summed E-state index contributed by atoms with van der Waals surface area (Å²) in [7, 11) is 2.97. The summed E-state index contributed by atoms with van der Waals surface area (Å²) >= 11 is 0. The molecule has 182 valence electrons. The Hall–Kier alpha value is -4.46. The number of ether oxygens (including phenoxy) is 6. The van der Waals surface area contributed by atoms with E-state index in [1.807, 2.05) is 18.2 Å². The highest BCUT2D eigenvalue weighted by Crippen LogP contribution is 2.50. The molecule has 8 heteroatoms. The highest BCUT2D eigenvalue weighted by atomic mass is 16.7. The highest BCUT2D eigenvalue weighted by molar-refractivity contribution is 5.96. The molecule has 3 aliphatic rings. The minimum atomic E-state index is -0.542. The Bertz CT molecular complexity index is 1400. The summed E-state index contributed by atoms with van der Waals surface area (Å²) in [5.41, 5.74) is 4.59. The number of carbonyl (C=O) groups is 2. The first kappa shape index (κ1) is 22.0. The molecule has 36 heavy (non-hydrogen) atoms. The van der Waals surface area contributed by atoms with Gasteiger partial charge in [-0.1, -0.05) is 18.2 Å². The van der Waals surface area contributed by atoms with Gasteiger partial charge < -0.3 is 28.4 Å². The summed E-state index contributed by atoms with van der Waals surface area (Å²) < 4.78 is 33.5. The second kappa shape index (κ2) is 8.64. The molecule has 1 atom stereocenters. The molecule has 0 bridgehead atoms. The van der Waals surface area contributed by atoms with Gasteiger partial charge in [0, 0.05) is 5.92 Å². The van der Waals surface area contributed by atoms with Crippen LogP contribution < -0.4 is 23.7 Å². The SMILES string of the molecule is COc1cc([C@@H]2C3=C(COC3=O)Cc3cc4c(cc32)OCO4)cc(OC)c1OC(=O)c1ccccc1. The van der Waals surface area contributed by atoms with Crippen LogP contribution in [0.3, 0.4) is 0 Å². The molecule has 0 N–H and O–H groups in total. The number of hydrogen-bond acceptors (Lipinski definition) is 8. The molecule has 0 radical (unpaired) electrons. The van der Waals surface area contributed by atoms with E-state index in [1.165, 1.54) is 14.2 Å². The fourth-order valence-corrected chi connectivity index (χ4v) is 4.97. The number of hydrogen-bond donors (Lipinski definition) is 0. The zero-order valence-electron chi connectivity index (χ0n) is 19.7. The maximum absolute atomic E-state index is 12.8. The van der Waals surface area contributed by atoms with Crippen LogP contribution in [0.15, 0.2) is 65.7 Å². The first-order valence-corrected chi connectivity index (χ1v) is 11.4. The Balaban J connectivity index is 1.47. The molecule has 0 saturated carbocycles. The van der Waals surface area contributed by atoms with Gasteiger partial charge in [0.25, 0.3) is 0 Å². The average Bonchev–Trinajstić information content (AvgIpc) is 3.52. The smallest absolute Gasteiger partial charge is 0.343 e. The molecule has 1 aliphatic carbocycles. The van der Waals surface area contributed by atoms with Gasteiger partial charge in [-0.2, -0.15) is 0 Å². The summed E-state index contributed by atoms with van der Waals surface area (Å²) in [4.78, 5) is 25.6. The van der Waals surface area contributed by atoms with E-state index < -0.39 is 11.9 Å². The average molecular weight is 486 g/mol. The summed E-state index contributed by atoms with van der Waals surface area (Å²) in [5.74, 6) is 0.722. The third kappa shape index (κ3) is 3.53. The van der Waals surface area contributed by atoms with E-state index in [4.69, 9.17) is 28.4 Å². The second-order valence-corrected chi connectivity index (χ2v) is 8.62. The zero-order chi connectivity index (χ0) is 24.8. The quantitative estimate of drug-likeness (QED) is 0.392. The summed E-state index contributed by atoms with van der Waals surface area (Å²) in [5, 5.41) is 0. The van der Waals surface area contributed by atoms with E-state index in [0.717, 1.165) is 22.3 Å². The minimum absolute atomic E-state index is 0.154. The van der Waals surface area contributed by atoms with Crippen LogP contribution in [-0.2, 0) is 16.0 Å². The van der Waals surface area contributed by atoms with Crippen LogP contribution in [-0.4, -0.2) is 39.6 Å². The van der Waals surface area contributed by atoms with Crippen LogP contribution in [0.25, 0.3) is 0 Å². The Morgan fingerprint density at radius 1 is 0.917 bits per heavy atom. The van der Waals surface area contributed by atoms with Crippen molar-refractivity contribution in [2.24, 2.45) is 0 Å². The summed E-state index contributed by atoms with van der Waals surface area (Å²) in [6.07, 6.45) is 0.588. The lowest BCUT2D eigenvalue weighted by Gasteiger charge is -2.27. The number of carbonyl (C=O) groups excluding carboxylic acids is 2. The van der Waals surface area contributed by atoms with Crippen LogP contribution in [0.5, 0.6) is 28.7 Å². The van der Waals surface area contributed by atoms with E-state index in [-0.39, 0.29) is 25.1 Å². The van der Waals surface area contributed by atoms with E-state index in [9.17, 15) is 9.59 Å². The van der Waals surface area contributed by atoms with Crippen molar-refractivity contribution in [2.45, 2.75) is 12.3 Å². The number of benzene rings is 3. The van der Waals surface area contributed by atoms with Crippen LogP contribution in [0.1, 0.15) is 33.0 Å². The van der Waals surface area contributed by atoms with Gasteiger partial charge in [-0.05, 0) is 65.1 Å². The van der Waals surface area contributed by atoms with Crippen LogP contribution in [0.2, 0.25) is 0 Å². The Morgan fingerprint density at radius 2 is 1.61 bits per heavy atom. The van der Waals surface area contributed by atoms with Gasteiger partial charge in [0.2, 0.25) is 12.5 Å². The molecule has 2 heterocycles. The molecule has 0 unspecified atom stereocenters. The number of fused-ring (bicyclic) bond motifs is 2. The molecule has 6 rings (SSSR count). The largest absolute Gasteiger partial charge is 0.493 e. The fourth-order valence-electron chi connectivity index (χ4n) is 4.97. The van der Waals surface area contributed by atoms with Gasteiger partial charge in [-0.25, -0.2) is 9.59 Å². The highest BCUT2D eigenvalue weighted by Gasteiger charge is 2.40. The van der Waals surface area contributed by atoms with Crippen molar-refractivity contribution < 1.29 is 38.0 Å². The number of methoxy groups -OCH3 is 2. The van der Waals surface area contributed by atoms with Crippen molar-refractivity contribution in [3.63, 3.8) is 0 Å². The van der Waals surface area contributed by atoms with Crippen LogP contribution in [0, 0.1) is 0 Å². The second-order valence-electron chi connectivity index (χ2n) is 8.62. The maximum Gasteiger partial charge on any atom is 0.343 e. The van der Waals surface area contributed by atoms with Crippen molar-refractivity contribution in [1.82, 2.24) is 0 Å². The van der Waals surface area contributed by atoms with Crippen molar-refractivity contribution in [1.29, 1.82) is 0 Å². The molecular formula is C28H22O8. The van der Waals surface area contributed by atoms with Crippen molar-refractivity contribution >= 4 is 11.9 Å². The molecule has 8 nitrogen and oxygen atoms in total. The van der Waals surface area contributed by atoms with Gasteiger partial charge in [-0.15, -0.1) is 0 Å². The first-order valence-electron chi connectivity index (χ1n) is 11.4. The number of esters is 2. The molecule has 3 aromatic rings. The van der Waals surface area contributed by atoms with Crippen molar-refractivity contribution in [3.05, 3.63) is 88.0 Å². The lowest BCUT2D eigenvalue weighted by Crippen LogP contribution is -2.18. The van der Waals surface area contributed by atoms with Crippen molar-refractivity contribution in [3.8, 4) is 28.7 Å². The van der Waals surface area contributed by atoms with E-state index in [2.05, 4.69) is 0 Å². The summed E-state index contributed by atoms with van der Waals surface area (Å²) in [6, 6.07) is 16.1. The van der Waals surface area contributed by atoms with E-state index in [1.54, 1.807) is 36.4 Å².